The van der Waals surface area contributed by atoms with Gasteiger partial charge in [0.25, 0.3) is 11.8 Å². The number of hydrogen-bond donors (Lipinski definition) is 1. The maximum absolute atomic E-state index is 12.5. The number of nitrogens with one attached hydrogen (secondary N) is 1. The fourth-order valence-electron chi connectivity index (χ4n) is 4.29. The van der Waals surface area contributed by atoms with Crippen molar-refractivity contribution >= 4 is 29.5 Å². The predicted octanol–water partition coefficient (Wildman–Crippen LogP) is 1.37. The first-order valence-electron chi connectivity index (χ1n) is 9.68. The monoisotopic (exact) mass is 385 g/mol. The van der Waals surface area contributed by atoms with Crippen LogP contribution < -0.4 is 10.2 Å². The van der Waals surface area contributed by atoms with Crippen molar-refractivity contribution in [1.82, 2.24) is 10.2 Å². The number of hydrogen-bond acceptors (Lipinski definition) is 5. The van der Waals surface area contributed by atoms with Crippen LogP contribution in [0.25, 0.3) is 0 Å². The normalized spacial score (nSPS) is 19.9. The lowest BCUT2D eigenvalue weighted by Gasteiger charge is -2.20. The van der Waals surface area contributed by atoms with Crippen molar-refractivity contribution in [2.24, 2.45) is 0 Å². The average molecular weight is 385 g/mol. The maximum Gasteiger partial charge on any atom is 0.325 e. The van der Waals surface area contributed by atoms with E-state index in [1.165, 1.54) is 0 Å². The number of fused-ring (bicyclic) bond motifs is 1. The summed E-state index contributed by atoms with van der Waals surface area (Å²) >= 11 is 0. The fourth-order valence-corrected chi connectivity index (χ4v) is 4.29. The van der Waals surface area contributed by atoms with E-state index in [2.05, 4.69) is 5.32 Å². The number of carbonyl (C=O) groups excluding carboxylic acids is 4. The molecule has 1 aliphatic carbocycles. The second-order valence-electron chi connectivity index (χ2n) is 7.51. The lowest BCUT2D eigenvalue weighted by atomic mass is 9.98. The van der Waals surface area contributed by atoms with Crippen LogP contribution in [0.4, 0.5) is 10.5 Å². The van der Waals surface area contributed by atoms with E-state index in [4.69, 9.17) is 4.74 Å². The van der Waals surface area contributed by atoms with Crippen LogP contribution in [-0.2, 0) is 25.5 Å². The van der Waals surface area contributed by atoms with Crippen molar-refractivity contribution < 1.29 is 23.9 Å². The quantitative estimate of drug-likeness (QED) is 0.610. The number of rotatable bonds is 5. The Morgan fingerprint density at radius 3 is 2.68 bits per heavy atom. The summed E-state index contributed by atoms with van der Waals surface area (Å²) in [4.78, 5) is 51.7. The second-order valence-corrected chi connectivity index (χ2v) is 7.51. The van der Waals surface area contributed by atoms with Gasteiger partial charge in [-0.05, 0) is 30.9 Å². The lowest BCUT2D eigenvalue weighted by molar-refractivity contribution is -0.148. The highest BCUT2D eigenvalue weighted by Gasteiger charge is 2.52. The van der Waals surface area contributed by atoms with Crippen molar-refractivity contribution in [3.63, 3.8) is 0 Å². The van der Waals surface area contributed by atoms with Crippen LogP contribution in [0.2, 0.25) is 0 Å². The zero-order valence-corrected chi connectivity index (χ0v) is 15.6. The molecule has 28 heavy (non-hydrogen) atoms. The van der Waals surface area contributed by atoms with Gasteiger partial charge in [0, 0.05) is 18.8 Å². The highest BCUT2D eigenvalue weighted by molar-refractivity contribution is 6.07. The second kappa shape index (κ2) is 7.26. The Kier molecular flexibility index (Phi) is 4.78. The first-order chi connectivity index (χ1) is 13.5. The Bertz CT molecular complexity index is 831. The zero-order valence-electron chi connectivity index (χ0n) is 15.6. The molecular formula is C20H23N3O5. The number of carbonyl (C=O) groups is 4. The topological polar surface area (TPSA) is 96.0 Å². The van der Waals surface area contributed by atoms with Crippen molar-refractivity contribution in [3.05, 3.63) is 29.8 Å². The molecule has 0 radical (unpaired) electrons. The van der Waals surface area contributed by atoms with Crippen LogP contribution in [0.1, 0.15) is 37.7 Å². The number of amides is 4. The molecule has 8 heteroatoms. The highest BCUT2D eigenvalue weighted by Crippen LogP contribution is 2.35. The van der Waals surface area contributed by atoms with Crippen LogP contribution in [-0.4, -0.2) is 54.0 Å². The SMILES string of the molecule is O=C(CCN1C(=O)NC2(CCCC2)C1=O)OCC(=O)N1CCc2ccccc21. The molecule has 1 aromatic rings. The van der Waals surface area contributed by atoms with Crippen molar-refractivity contribution in [3.8, 4) is 0 Å². The smallest absolute Gasteiger partial charge is 0.325 e. The number of nitrogens with zero attached hydrogens (tertiary/aromatic N) is 2. The Balaban J connectivity index is 1.26. The van der Waals surface area contributed by atoms with Crippen LogP contribution >= 0.6 is 0 Å². The number of benzene rings is 1. The molecule has 8 nitrogen and oxygen atoms in total. The van der Waals surface area contributed by atoms with E-state index in [0.29, 0.717) is 19.4 Å². The van der Waals surface area contributed by atoms with E-state index in [1.54, 1.807) is 4.90 Å². The third-order valence-electron chi connectivity index (χ3n) is 5.79. The van der Waals surface area contributed by atoms with E-state index in [1.807, 2.05) is 24.3 Å². The molecule has 2 heterocycles. The Morgan fingerprint density at radius 1 is 1.14 bits per heavy atom. The molecule has 1 spiro atoms. The van der Waals surface area contributed by atoms with Gasteiger partial charge in [0.15, 0.2) is 6.61 Å². The summed E-state index contributed by atoms with van der Waals surface area (Å²) in [7, 11) is 0. The third-order valence-corrected chi connectivity index (χ3v) is 5.79. The molecule has 0 aromatic heterocycles. The summed E-state index contributed by atoms with van der Waals surface area (Å²) in [5.74, 6) is -1.14. The van der Waals surface area contributed by atoms with Gasteiger partial charge >= 0.3 is 12.0 Å². The summed E-state index contributed by atoms with van der Waals surface area (Å²) in [5, 5.41) is 2.77. The molecule has 2 fully saturated rings. The highest BCUT2D eigenvalue weighted by atomic mass is 16.5. The summed E-state index contributed by atoms with van der Waals surface area (Å²) in [6, 6.07) is 7.19. The molecular weight excluding hydrogens is 362 g/mol. The van der Waals surface area contributed by atoms with Gasteiger partial charge in [0.2, 0.25) is 0 Å². The number of urea groups is 1. The van der Waals surface area contributed by atoms with E-state index in [0.717, 1.165) is 35.4 Å². The molecule has 0 bridgehead atoms. The zero-order chi connectivity index (χ0) is 19.7. The van der Waals surface area contributed by atoms with Gasteiger partial charge in [-0.3, -0.25) is 19.3 Å². The maximum atomic E-state index is 12.5. The minimum Gasteiger partial charge on any atom is -0.455 e. The van der Waals surface area contributed by atoms with Gasteiger partial charge in [0.05, 0.1) is 6.42 Å². The average Bonchev–Trinajstić information content (AvgIpc) is 3.38. The summed E-state index contributed by atoms with van der Waals surface area (Å²) < 4.78 is 5.08. The van der Waals surface area contributed by atoms with Gasteiger partial charge < -0.3 is 15.0 Å². The molecule has 4 amide bonds. The van der Waals surface area contributed by atoms with E-state index in [9.17, 15) is 19.2 Å². The standard InChI is InChI=1S/C20H23N3O5/c24-16(22-11-7-14-5-1-2-6-15(14)22)13-28-17(25)8-12-23-18(26)20(21-19(23)27)9-3-4-10-20/h1-2,5-6H,3-4,7-13H2,(H,21,27). The molecule has 3 aliphatic rings. The number of ether oxygens (including phenoxy) is 1. The Hall–Kier alpha value is -2.90. The van der Waals surface area contributed by atoms with E-state index < -0.39 is 17.5 Å². The van der Waals surface area contributed by atoms with Gasteiger partial charge in [-0.15, -0.1) is 0 Å². The predicted molar refractivity (Wildman–Crippen MR) is 99.5 cm³/mol. The Labute approximate surface area is 162 Å². The fraction of sp³-hybridized carbons (Fsp3) is 0.500. The lowest BCUT2D eigenvalue weighted by Crippen LogP contribution is -2.44. The van der Waals surface area contributed by atoms with E-state index in [-0.39, 0.29) is 31.4 Å². The first-order valence-corrected chi connectivity index (χ1v) is 9.68. The first kappa shape index (κ1) is 18.5. The van der Waals surface area contributed by atoms with Crippen LogP contribution in [0.3, 0.4) is 0 Å². The van der Waals surface area contributed by atoms with Gasteiger partial charge in [0.1, 0.15) is 5.54 Å². The number of para-hydroxylation sites is 1. The van der Waals surface area contributed by atoms with Crippen LogP contribution in [0.15, 0.2) is 24.3 Å². The molecule has 1 aromatic carbocycles. The number of esters is 1. The van der Waals surface area contributed by atoms with E-state index >= 15 is 0 Å². The molecule has 0 atom stereocenters. The van der Waals surface area contributed by atoms with Gasteiger partial charge in [-0.25, -0.2) is 4.79 Å². The molecule has 148 valence electrons. The van der Waals surface area contributed by atoms with Crippen LogP contribution in [0, 0.1) is 0 Å². The van der Waals surface area contributed by atoms with Gasteiger partial charge in [-0.2, -0.15) is 0 Å². The molecule has 4 rings (SSSR count). The van der Waals surface area contributed by atoms with Crippen molar-refractivity contribution in [2.75, 3.05) is 24.6 Å². The summed E-state index contributed by atoms with van der Waals surface area (Å²) in [6.07, 6.45) is 3.75. The van der Waals surface area contributed by atoms with Crippen LogP contribution in [0.5, 0.6) is 0 Å². The minimum absolute atomic E-state index is 0.0357. The number of anilines is 1. The van der Waals surface area contributed by atoms with Crippen molar-refractivity contribution in [2.45, 2.75) is 44.1 Å². The molecule has 0 unspecified atom stereocenters. The molecule has 1 N–H and O–H groups in total. The van der Waals surface area contributed by atoms with Crippen molar-refractivity contribution in [1.29, 1.82) is 0 Å². The Morgan fingerprint density at radius 2 is 1.89 bits per heavy atom. The molecule has 1 saturated heterocycles. The largest absolute Gasteiger partial charge is 0.455 e. The number of imide groups is 1. The molecule has 2 aliphatic heterocycles. The minimum atomic E-state index is -0.778. The summed E-state index contributed by atoms with van der Waals surface area (Å²) in [6.45, 7) is 0.184. The molecule has 1 saturated carbocycles. The van der Waals surface area contributed by atoms with Gasteiger partial charge in [-0.1, -0.05) is 31.0 Å². The summed E-state index contributed by atoms with van der Waals surface area (Å²) in [5.41, 5.74) is 1.17. The third kappa shape index (κ3) is 3.23.